The maximum absolute atomic E-state index is 4.97. The van der Waals surface area contributed by atoms with Gasteiger partial charge in [-0.3, -0.25) is 0 Å². The van der Waals surface area contributed by atoms with E-state index in [9.17, 15) is 0 Å². The molecular weight excluding hydrogens is 506 g/mol. The van der Waals surface area contributed by atoms with Crippen molar-refractivity contribution >= 4 is 60.2 Å². The van der Waals surface area contributed by atoms with E-state index in [-0.39, 0.29) is 0 Å². The van der Waals surface area contributed by atoms with Gasteiger partial charge in [0, 0.05) is 37.3 Å². The number of nitrogens with zero attached hydrogens (tertiary/aromatic N) is 4. The van der Waals surface area contributed by atoms with Gasteiger partial charge in [-0.15, -0.1) is 0 Å². The molecule has 4 nitrogen and oxygen atoms in total. The molecule has 0 amide bonds. The molecule has 7 heteroatoms. The first-order chi connectivity index (χ1) is 19.6. The molecular formula is C33H22B2N4S. The fourth-order valence-corrected chi connectivity index (χ4v) is 6.95. The number of hydrogen-bond donors (Lipinski definition) is 0. The van der Waals surface area contributed by atoms with Gasteiger partial charge in [0.25, 0.3) is 0 Å². The van der Waals surface area contributed by atoms with Gasteiger partial charge in [-0.1, -0.05) is 108 Å². The van der Waals surface area contributed by atoms with Gasteiger partial charge in [0.2, 0.25) is 0 Å². The third-order valence-corrected chi connectivity index (χ3v) is 8.58. The molecule has 0 N–H and O–H groups in total. The summed E-state index contributed by atoms with van der Waals surface area (Å²) in [5.41, 5.74) is 9.14. The summed E-state index contributed by atoms with van der Waals surface area (Å²) >= 11 is 1.86. The summed E-state index contributed by atoms with van der Waals surface area (Å²) in [4.78, 5) is 17.4. The summed E-state index contributed by atoms with van der Waals surface area (Å²) in [6.45, 7) is 0. The Hall–Kier alpha value is -4.61. The zero-order valence-corrected chi connectivity index (χ0v) is 22.9. The van der Waals surface area contributed by atoms with Crippen LogP contribution < -0.4 is 10.9 Å². The lowest BCUT2D eigenvalue weighted by molar-refractivity contribution is 1.07. The van der Waals surface area contributed by atoms with Gasteiger partial charge in [-0.2, -0.15) is 0 Å². The van der Waals surface area contributed by atoms with Gasteiger partial charge in [0.05, 0.1) is 16.7 Å². The van der Waals surface area contributed by atoms with Crippen molar-refractivity contribution in [3.63, 3.8) is 0 Å². The molecule has 186 valence electrons. The van der Waals surface area contributed by atoms with E-state index >= 15 is 0 Å². The summed E-state index contributed by atoms with van der Waals surface area (Å²) in [6, 6.07) is 38.2. The van der Waals surface area contributed by atoms with Gasteiger partial charge in [-0.05, 0) is 24.3 Å². The van der Waals surface area contributed by atoms with Crippen LogP contribution in [0.1, 0.15) is 0 Å². The van der Waals surface area contributed by atoms with Gasteiger partial charge in [0.1, 0.15) is 15.7 Å². The van der Waals surface area contributed by atoms with Gasteiger partial charge < -0.3 is 4.57 Å². The summed E-state index contributed by atoms with van der Waals surface area (Å²) < 4.78 is 2.42. The van der Waals surface area contributed by atoms with Crippen LogP contribution in [0.4, 0.5) is 0 Å². The predicted octanol–water partition coefficient (Wildman–Crippen LogP) is 4.95. The first-order valence-electron chi connectivity index (χ1n) is 13.4. The van der Waals surface area contributed by atoms with Crippen molar-refractivity contribution in [1.82, 2.24) is 19.5 Å². The van der Waals surface area contributed by atoms with Gasteiger partial charge >= 0.3 is 0 Å². The largest absolute Gasteiger partial charge is 0.307 e. The standard InChI is InChI=1S/C33H22B2N4S/c34-22-12-14-27-28(17-22)40-29-18-23(35)16-25-24-15-21(11-13-26(24)39(27)30(25)29)33-37-31(19-7-3-1-4-8-19)36-32(38-33)20-9-5-2-6-10-20/h1-18H,34-35H2. The van der Waals surface area contributed by atoms with E-state index in [1.165, 1.54) is 48.2 Å². The molecule has 5 aromatic carbocycles. The van der Waals surface area contributed by atoms with E-state index in [0.29, 0.717) is 17.5 Å². The summed E-state index contributed by atoms with van der Waals surface area (Å²) in [6.07, 6.45) is 0. The molecule has 0 atom stereocenters. The number of aromatic nitrogens is 4. The molecule has 2 aromatic heterocycles. The molecule has 0 aliphatic carbocycles. The number of rotatable bonds is 3. The normalized spacial score (nSPS) is 12.1. The van der Waals surface area contributed by atoms with E-state index in [1.807, 2.05) is 72.4 Å². The van der Waals surface area contributed by atoms with Crippen LogP contribution in [0.5, 0.6) is 0 Å². The third-order valence-electron chi connectivity index (χ3n) is 7.50. The number of benzene rings is 5. The summed E-state index contributed by atoms with van der Waals surface area (Å²) in [5, 5.41) is 2.46. The van der Waals surface area contributed by atoms with Crippen molar-refractivity contribution in [1.29, 1.82) is 0 Å². The fraction of sp³-hybridized carbons (Fsp3) is 0. The molecule has 40 heavy (non-hydrogen) atoms. The van der Waals surface area contributed by atoms with E-state index in [0.717, 1.165) is 16.7 Å². The Kier molecular flexibility index (Phi) is 5.22. The smallest absolute Gasteiger partial charge is 0.164 e. The molecule has 1 aliphatic heterocycles. The van der Waals surface area contributed by atoms with Gasteiger partial charge in [0.15, 0.2) is 17.5 Å². The monoisotopic (exact) mass is 528 g/mol. The minimum absolute atomic E-state index is 0.670. The van der Waals surface area contributed by atoms with Crippen molar-refractivity contribution < 1.29 is 0 Å². The van der Waals surface area contributed by atoms with E-state index in [2.05, 4.69) is 68.8 Å². The number of hydrogen-bond acceptors (Lipinski definition) is 4. The topological polar surface area (TPSA) is 43.6 Å². The van der Waals surface area contributed by atoms with Crippen LogP contribution in [-0.4, -0.2) is 35.2 Å². The molecule has 0 radical (unpaired) electrons. The second-order valence-electron chi connectivity index (χ2n) is 10.3. The van der Waals surface area contributed by atoms with Crippen LogP contribution in [-0.2, 0) is 0 Å². The average Bonchev–Trinajstić information content (AvgIpc) is 3.32. The van der Waals surface area contributed by atoms with E-state index < -0.39 is 0 Å². The third kappa shape index (κ3) is 3.69. The molecule has 0 unspecified atom stereocenters. The Labute approximate surface area is 238 Å². The molecule has 3 heterocycles. The Balaban J connectivity index is 1.39. The maximum atomic E-state index is 4.97. The van der Waals surface area contributed by atoms with E-state index in [1.54, 1.807) is 0 Å². The second kappa shape index (κ2) is 8.97. The highest BCUT2D eigenvalue weighted by Gasteiger charge is 2.24. The zero-order valence-electron chi connectivity index (χ0n) is 22.1. The van der Waals surface area contributed by atoms with Crippen molar-refractivity contribution in [3.8, 4) is 39.9 Å². The fourth-order valence-electron chi connectivity index (χ4n) is 5.66. The zero-order chi connectivity index (χ0) is 26.8. The van der Waals surface area contributed by atoms with Crippen LogP contribution >= 0.6 is 11.8 Å². The number of fused-ring (bicyclic) bond motifs is 5. The van der Waals surface area contributed by atoms with Crippen molar-refractivity contribution in [2.24, 2.45) is 0 Å². The molecule has 0 bridgehead atoms. The Morgan fingerprint density at radius 2 is 1.15 bits per heavy atom. The van der Waals surface area contributed by atoms with E-state index in [4.69, 9.17) is 15.0 Å². The van der Waals surface area contributed by atoms with Crippen molar-refractivity contribution in [2.75, 3.05) is 0 Å². The van der Waals surface area contributed by atoms with Crippen LogP contribution in [0.2, 0.25) is 0 Å². The predicted molar refractivity (Wildman–Crippen MR) is 171 cm³/mol. The van der Waals surface area contributed by atoms with Crippen molar-refractivity contribution in [2.45, 2.75) is 9.79 Å². The lowest BCUT2D eigenvalue weighted by Crippen LogP contribution is -2.09. The first-order valence-corrected chi connectivity index (χ1v) is 14.2. The summed E-state index contributed by atoms with van der Waals surface area (Å²) in [7, 11) is 4.34. The van der Waals surface area contributed by atoms with Crippen LogP contribution in [0.3, 0.4) is 0 Å². The SMILES string of the molecule is Bc1ccc2c(c1)Sc1cc(B)cc3c4cc(-c5nc(-c6ccccc6)nc(-c6ccccc6)n5)ccc4n-2c13. The first kappa shape index (κ1) is 23.3. The molecule has 1 aliphatic rings. The minimum Gasteiger partial charge on any atom is -0.307 e. The van der Waals surface area contributed by atoms with Crippen molar-refractivity contribution in [3.05, 3.63) is 109 Å². The highest BCUT2D eigenvalue weighted by Crippen LogP contribution is 2.46. The molecule has 7 aromatic rings. The Morgan fingerprint density at radius 3 is 1.82 bits per heavy atom. The average molecular weight is 528 g/mol. The van der Waals surface area contributed by atoms with Crippen LogP contribution in [0.25, 0.3) is 61.7 Å². The molecule has 0 fully saturated rings. The maximum Gasteiger partial charge on any atom is 0.164 e. The molecule has 0 saturated heterocycles. The van der Waals surface area contributed by atoms with Crippen LogP contribution in [0, 0.1) is 0 Å². The second-order valence-corrected chi connectivity index (χ2v) is 11.4. The summed E-state index contributed by atoms with van der Waals surface area (Å²) in [5.74, 6) is 2.01. The molecule has 8 rings (SSSR count). The minimum atomic E-state index is 0.670. The molecule has 0 saturated carbocycles. The Morgan fingerprint density at radius 1 is 0.525 bits per heavy atom. The highest BCUT2D eigenvalue weighted by molar-refractivity contribution is 7.99. The quantitative estimate of drug-likeness (QED) is 0.305. The lowest BCUT2D eigenvalue weighted by atomic mass is 9.94. The molecule has 0 spiro atoms. The lowest BCUT2D eigenvalue weighted by Gasteiger charge is -2.21. The van der Waals surface area contributed by atoms with Gasteiger partial charge in [-0.25, -0.2) is 15.0 Å². The highest BCUT2D eigenvalue weighted by atomic mass is 32.2. The Bertz CT molecular complexity index is 2050. The van der Waals surface area contributed by atoms with Crippen LogP contribution in [0.15, 0.2) is 119 Å².